The molecule has 2 rings (SSSR count). The highest BCUT2D eigenvalue weighted by Crippen LogP contribution is 2.35. The van der Waals surface area contributed by atoms with Crippen LogP contribution in [0.4, 0.5) is 10.5 Å². The van der Waals surface area contributed by atoms with Gasteiger partial charge in [-0.05, 0) is 33.1 Å². The van der Waals surface area contributed by atoms with E-state index in [0.29, 0.717) is 19.4 Å². The molecule has 10 nitrogen and oxygen atoms in total. The molecule has 10 heteroatoms. The predicted molar refractivity (Wildman–Crippen MR) is 83.2 cm³/mol. The molecular weight excluding hydrogens is 320 g/mol. The highest BCUT2D eigenvalue weighted by molar-refractivity contribution is 5.64. The average molecular weight is 342 g/mol. The number of nitrogens with one attached hydrogen (secondary N) is 1. The van der Waals surface area contributed by atoms with E-state index in [9.17, 15) is 14.9 Å². The minimum atomic E-state index is -1.12. The van der Waals surface area contributed by atoms with Crippen LogP contribution in [0.15, 0.2) is 0 Å². The van der Waals surface area contributed by atoms with Crippen molar-refractivity contribution in [3.8, 4) is 5.88 Å². The lowest BCUT2D eigenvalue weighted by Crippen LogP contribution is -2.32. The van der Waals surface area contributed by atoms with E-state index in [1.807, 2.05) is 0 Å². The second kappa shape index (κ2) is 7.95. The molecule has 1 aromatic rings. The maximum Gasteiger partial charge on any atom is 0.404 e. The van der Waals surface area contributed by atoms with E-state index >= 15 is 0 Å². The van der Waals surface area contributed by atoms with Crippen molar-refractivity contribution in [2.75, 3.05) is 13.2 Å². The molecule has 0 saturated carbocycles. The summed E-state index contributed by atoms with van der Waals surface area (Å²) in [6.45, 7) is 3.95. The number of nitrogens with zero attached hydrogens (tertiary/aromatic N) is 3. The topological polar surface area (TPSA) is 129 Å². The molecule has 1 aliphatic heterocycles. The number of aryl methyl sites for hydroxylation is 1. The number of hydrogen-bond donors (Lipinski definition) is 2. The molecule has 0 spiro atoms. The van der Waals surface area contributed by atoms with Crippen molar-refractivity contribution in [3.05, 3.63) is 15.8 Å². The fourth-order valence-corrected chi connectivity index (χ4v) is 2.59. The molecule has 2 heterocycles. The van der Waals surface area contributed by atoms with Crippen molar-refractivity contribution < 1.29 is 24.3 Å². The number of carbonyl (C=O) groups is 1. The van der Waals surface area contributed by atoms with Crippen LogP contribution in [-0.2, 0) is 4.74 Å². The first kappa shape index (κ1) is 18.0. The van der Waals surface area contributed by atoms with Gasteiger partial charge in [0.25, 0.3) is 5.88 Å². The van der Waals surface area contributed by atoms with Gasteiger partial charge in [-0.1, -0.05) is 0 Å². The van der Waals surface area contributed by atoms with Gasteiger partial charge in [-0.2, -0.15) is 9.78 Å². The molecule has 24 heavy (non-hydrogen) atoms. The number of carboxylic acid groups (broad SMARTS) is 1. The Morgan fingerprint density at radius 3 is 2.96 bits per heavy atom. The highest BCUT2D eigenvalue weighted by atomic mass is 16.6. The van der Waals surface area contributed by atoms with E-state index in [0.717, 1.165) is 12.8 Å². The van der Waals surface area contributed by atoms with Crippen LogP contribution in [-0.4, -0.2) is 45.2 Å². The number of ether oxygens (including phenoxy) is 2. The van der Waals surface area contributed by atoms with E-state index in [2.05, 4.69) is 10.4 Å². The number of aromatic nitrogens is 2. The number of hydrogen-bond acceptors (Lipinski definition) is 6. The molecule has 0 bridgehead atoms. The Labute approximate surface area is 138 Å². The normalized spacial score (nSPS) is 18.8. The molecule has 1 amide bonds. The summed E-state index contributed by atoms with van der Waals surface area (Å²) < 4.78 is 12.7. The van der Waals surface area contributed by atoms with Crippen molar-refractivity contribution in [3.63, 3.8) is 0 Å². The van der Waals surface area contributed by atoms with Gasteiger partial charge in [-0.3, -0.25) is 10.1 Å². The van der Waals surface area contributed by atoms with E-state index in [1.165, 1.54) is 4.68 Å². The van der Waals surface area contributed by atoms with Gasteiger partial charge < -0.3 is 19.9 Å². The van der Waals surface area contributed by atoms with Gasteiger partial charge >= 0.3 is 11.8 Å². The van der Waals surface area contributed by atoms with Gasteiger partial charge in [0.05, 0.1) is 11.5 Å². The van der Waals surface area contributed by atoms with Crippen molar-refractivity contribution in [1.82, 2.24) is 15.1 Å². The molecular formula is C14H22N4O6. The quantitative estimate of drug-likeness (QED) is 0.574. The third-order valence-corrected chi connectivity index (χ3v) is 3.78. The first-order valence-electron chi connectivity index (χ1n) is 7.87. The standard InChI is InChI=1S/C14H22N4O6/c1-9(15-14(19)20)6-8-24-13-12(18(21)22)10(2)16-17(13)11-5-3-4-7-23-11/h9,11,15H,3-8H2,1-2H3,(H,19,20)/t9-,11?/m1/s1. The second-order valence-electron chi connectivity index (χ2n) is 5.75. The zero-order chi connectivity index (χ0) is 17.7. The monoisotopic (exact) mass is 342 g/mol. The Kier molecular flexibility index (Phi) is 5.96. The summed E-state index contributed by atoms with van der Waals surface area (Å²) in [6.07, 6.45) is 1.50. The molecule has 0 radical (unpaired) electrons. The molecule has 1 saturated heterocycles. The van der Waals surface area contributed by atoms with Gasteiger partial charge in [0.1, 0.15) is 5.69 Å². The summed E-state index contributed by atoms with van der Waals surface area (Å²) in [5.41, 5.74) is 0.0869. The van der Waals surface area contributed by atoms with Crippen LogP contribution in [0, 0.1) is 17.0 Å². The summed E-state index contributed by atoms with van der Waals surface area (Å²) in [7, 11) is 0. The molecule has 1 fully saturated rings. The Bertz CT molecular complexity index is 596. The smallest absolute Gasteiger partial charge is 0.404 e. The largest absolute Gasteiger partial charge is 0.473 e. The average Bonchev–Trinajstić information content (AvgIpc) is 2.84. The molecule has 134 valence electrons. The van der Waals surface area contributed by atoms with Crippen molar-refractivity contribution in [2.24, 2.45) is 0 Å². The van der Waals surface area contributed by atoms with Crippen molar-refractivity contribution >= 4 is 11.8 Å². The predicted octanol–water partition coefficient (Wildman–Crippen LogP) is 2.22. The number of nitro groups is 1. The lowest BCUT2D eigenvalue weighted by molar-refractivity contribution is -0.386. The minimum absolute atomic E-state index is 0.0620. The zero-order valence-corrected chi connectivity index (χ0v) is 13.7. The van der Waals surface area contributed by atoms with Gasteiger partial charge in [-0.15, -0.1) is 0 Å². The summed E-state index contributed by atoms with van der Waals surface area (Å²) in [5.74, 6) is 0.0620. The van der Waals surface area contributed by atoms with E-state index in [1.54, 1.807) is 13.8 Å². The highest BCUT2D eigenvalue weighted by Gasteiger charge is 2.31. The first-order chi connectivity index (χ1) is 11.4. The summed E-state index contributed by atoms with van der Waals surface area (Å²) >= 11 is 0. The summed E-state index contributed by atoms with van der Waals surface area (Å²) in [4.78, 5) is 21.4. The van der Waals surface area contributed by atoms with Gasteiger partial charge in [0, 0.05) is 19.1 Å². The molecule has 1 aromatic heterocycles. The van der Waals surface area contributed by atoms with Crippen LogP contribution in [0.5, 0.6) is 5.88 Å². The summed E-state index contributed by atoms with van der Waals surface area (Å²) in [6, 6.07) is -0.329. The van der Waals surface area contributed by atoms with Crippen LogP contribution in [0.2, 0.25) is 0 Å². The minimum Gasteiger partial charge on any atom is -0.473 e. The SMILES string of the molecule is Cc1nn(C2CCCCO2)c(OCC[C@@H](C)NC(=O)O)c1[N+](=O)[O-]. The maximum atomic E-state index is 11.3. The van der Waals surface area contributed by atoms with Gasteiger partial charge in [0.15, 0.2) is 6.23 Å². The van der Waals surface area contributed by atoms with Crippen LogP contribution in [0.3, 0.4) is 0 Å². The summed E-state index contributed by atoms with van der Waals surface area (Å²) in [5, 5.41) is 26.5. The molecule has 1 unspecified atom stereocenters. The molecule has 1 aliphatic rings. The van der Waals surface area contributed by atoms with E-state index in [-0.39, 0.29) is 36.1 Å². The fourth-order valence-electron chi connectivity index (χ4n) is 2.59. The molecule has 0 aliphatic carbocycles. The molecule has 2 N–H and O–H groups in total. The van der Waals surface area contributed by atoms with Crippen LogP contribution in [0.25, 0.3) is 0 Å². The van der Waals surface area contributed by atoms with Crippen molar-refractivity contribution in [1.29, 1.82) is 0 Å². The lowest BCUT2D eigenvalue weighted by Gasteiger charge is -2.24. The lowest BCUT2D eigenvalue weighted by atomic mass is 10.2. The third kappa shape index (κ3) is 4.34. The second-order valence-corrected chi connectivity index (χ2v) is 5.75. The zero-order valence-electron chi connectivity index (χ0n) is 13.7. The Morgan fingerprint density at radius 2 is 2.38 bits per heavy atom. The third-order valence-electron chi connectivity index (χ3n) is 3.78. The Hall–Kier alpha value is -2.36. The molecule has 2 atom stereocenters. The van der Waals surface area contributed by atoms with Gasteiger partial charge in [0.2, 0.25) is 0 Å². The van der Waals surface area contributed by atoms with E-state index in [4.69, 9.17) is 14.6 Å². The van der Waals surface area contributed by atoms with Crippen LogP contribution < -0.4 is 10.1 Å². The van der Waals surface area contributed by atoms with Crippen LogP contribution in [0.1, 0.15) is 44.5 Å². The van der Waals surface area contributed by atoms with Crippen molar-refractivity contribution in [2.45, 2.75) is 51.8 Å². The molecule has 0 aromatic carbocycles. The van der Waals surface area contributed by atoms with Crippen LogP contribution >= 0.6 is 0 Å². The first-order valence-corrected chi connectivity index (χ1v) is 7.87. The number of amides is 1. The van der Waals surface area contributed by atoms with E-state index < -0.39 is 11.0 Å². The Morgan fingerprint density at radius 1 is 1.62 bits per heavy atom. The maximum absolute atomic E-state index is 11.3. The fraction of sp³-hybridized carbons (Fsp3) is 0.714. The van der Waals surface area contributed by atoms with Gasteiger partial charge in [-0.25, -0.2) is 4.79 Å². The Balaban J connectivity index is 2.13. The number of rotatable bonds is 7.